The Hall–Kier alpha value is -2.77. The topological polar surface area (TPSA) is 61.4 Å². The van der Waals surface area contributed by atoms with E-state index in [0.717, 1.165) is 49.0 Å². The first-order valence-electron chi connectivity index (χ1n) is 8.95. The highest BCUT2D eigenvalue weighted by atomic mass is 32.1. The highest BCUT2D eigenvalue weighted by molar-refractivity contribution is 7.13. The first-order chi connectivity index (χ1) is 13.3. The first-order valence-corrected chi connectivity index (χ1v) is 9.83. The lowest BCUT2D eigenvalue weighted by Gasteiger charge is -2.34. The third-order valence-corrected chi connectivity index (χ3v) is 5.43. The van der Waals surface area contributed by atoms with Crippen LogP contribution in [0.4, 0.5) is 10.5 Å². The summed E-state index contributed by atoms with van der Waals surface area (Å²) in [6.07, 6.45) is 5.48. The molecule has 27 heavy (non-hydrogen) atoms. The maximum absolute atomic E-state index is 12.5. The van der Waals surface area contributed by atoms with Crippen molar-refractivity contribution in [3.8, 4) is 10.6 Å². The largest absolute Gasteiger partial charge is 0.322 e. The van der Waals surface area contributed by atoms with E-state index in [1.54, 1.807) is 23.7 Å². The minimum atomic E-state index is -0.0435. The summed E-state index contributed by atoms with van der Waals surface area (Å²) in [6, 6.07) is 11.8. The van der Waals surface area contributed by atoms with Crippen LogP contribution >= 0.6 is 11.3 Å². The molecule has 1 fully saturated rings. The van der Waals surface area contributed by atoms with E-state index in [1.807, 2.05) is 46.8 Å². The average Bonchev–Trinajstić information content (AvgIpc) is 3.25. The Labute approximate surface area is 162 Å². The van der Waals surface area contributed by atoms with E-state index in [1.165, 1.54) is 5.56 Å². The summed E-state index contributed by atoms with van der Waals surface area (Å²) in [4.78, 5) is 25.2. The molecule has 4 rings (SSSR count). The number of piperazine rings is 1. The Bertz CT molecular complexity index is 859. The number of carbonyl (C=O) groups is 1. The van der Waals surface area contributed by atoms with Gasteiger partial charge in [0.15, 0.2) is 0 Å². The highest BCUT2D eigenvalue weighted by Gasteiger charge is 2.21. The number of benzene rings is 1. The molecule has 6 nitrogen and oxygen atoms in total. The van der Waals surface area contributed by atoms with Crippen LogP contribution in [-0.4, -0.2) is 52.0 Å². The van der Waals surface area contributed by atoms with E-state index in [9.17, 15) is 4.79 Å². The number of carbonyl (C=O) groups excluding carboxylic acids is 1. The number of urea groups is 1. The predicted molar refractivity (Wildman–Crippen MR) is 108 cm³/mol. The third kappa shape index (κ3) is 4.50. The minimum Gasteiger partial charge on any atom is -0.322 e. The van der Waals surface area contributed by atoms with Crippen molar-refractivity contribution in [1.82, 2.24) is 19.8 Å². The molecule has 1 aromatic carbocycles. The Morgan fingerprint density at radius 3 is 2.56 bits per heavy atom. The zero-order valence-electron chi connectivity index (χ0n) is 14.9. The van der Waals surface area contributed by atoms with E-state index >= 15 is 0 Å². The standard InChI is InChI=1S/C20H21N5OS/c26-20(23-18-5-3-17(4-6-18)19-22-8-13-27-19)25-11-9-24(10-12-25)15-16-2-1-7-21-14-16/h1-8,13-14H,9-12,15H2,(H,23,26). The Kier molecular flexibility index (Phi) is 5.41. The van der Waals surface area contributed by atoms with Gasteiger partial charge in [-0.15, -0.1) is 11.3 Å². The monoisotopic (exact) mass is 379 g/mol. The molecule has 1 aliphatic heterocycles. The zero-order valence-corrected chi connectivity index (χ0v) is 15.7. The van der Waals surface area contributed by atoms with Crippen molar-refractivity contribution in [3.05, 3.63) is 65.9 Å². The number of amides is 2. The van der Waals surface area contributed by atoms with Gasteiger partial charge in [-0.2, -0.15) is 0 Å². The van der Waals surface area contributed by atoms with Crippen LogP contribution in [0.2, 0.25) is 0 Å². The maximum atomic E-state index is 12.5. The van der Waals surface area contributed by atoms with Crippen molar-refractivity contribution in [2.24, 2.45) is 0 Å². The van der Waals surface area contributed by atoms with E-state index in [4.69, 9.17) is 0 Å². The number of anilines is 1. The second kappa shape index (κ2) is 8.28. The Morgan fingerprint density at radius 1 is 1.07 bits per heavy atom. The lowest BCUT2D eigenvalue weighted by molar-refractivity contribution is 0.143. The fraction of sp³-hybridized carbons (Fsp3) is 0.250. The summed E-state index contributed by atoms with van der Waals surface area (Å²) in [7, 11) is 0. The van der Waals surface area contributed by atoms with Gasteiger partial charge < -0.3 is 10.2 Å². The van der Waals surface area contributed by atoms with Crippen molar-refractivity contribution >= 4 is 23.1 Å². The van der Waals surface area contributed by atoms with Crippen LogP contribution in [0.25, 0.3) is 10.6 Å². The molecule has 0 saturated carbocycles. The fourth-order valence-electron chi connectivity index (χ4n) is 3.12. The molecule has 0 aliphatic carbocycles. The van der Waals surface area contributed by atoms with Crippen molar-refractivity contribution < 1.29 is 4.79 Å². The van der Waals surface area contributed by atoms with Crippen LogP contribution in [0.15, 0.2) is 60.4 Å². The molecule has 2 amide bonds. The number of nitrogens with one attached hydrogen (secondary N) is 1. The molecular weight excluding hydrogens is 358 g/mol. The zero-order chi connectivity index (χ0) is 18.5. The molecule has 2 aromatic heterocycles. The lowest BCUT2D eigenvalue weighted by Crippen LogP contribution is -2.49. The van der Waals surface area contributed by atoms with Gasteiger partial charge in [-0.25, -0.2) is 9.78 Å². The van der Waals surface area contributed by atoms with Crippen molar-refractivity contribution in [3.63, 3.8) is 0 Å². The van der Waals surface area contributed by atoms with Crippen LogP contribution in [-0.2, 0) is 6.54 Å². The second-order valence-corrected chi connectivity index (χ2v) is 7.36. The van der Waals surface area contributed by atoms with Crippen LogP contribution < -0.4 is 5.32 Å². The summed E-state index contributed by atoms with van der Waals surface area (Å²) in [5, 5.41) is 5.93. The van der Waals surface area contributed by atoms with Gasteiger partial charge in [0, 0.05) is 67.9 Å². The molecule has 0 atom stereocenters. The number of aromatic nitrogens is 2. The second-order valence-electron chi connectivity index (χ2n) is 6.47. The molecule has 3 heterocycles. The number of pyridine rings is 1. The van der Waals surface area contributed by atoms with Crippen molar-refractivity contribution in [1.29, 1.82) is 0 Å². The SMILES string of the molecule is O=C(Nc1ccc(-c2nccs2)cc1)N1CCN(Cc2cccnc2)CC1. The molecule has 1 N–H and O–H groups in total. The predicted octanol–water partition coefficient (Wildman–Crippen LogP) is 3.55. The number of hydrogen-bond donors (Lipinski definition) is 1. The van der Waals surface area contributed by atoms with Gasteiger partial charge in [-0.3, -0.25) is 9.88 Å². The smallest absolute Gasteiger partial charge is 0.321 e. The first kappa shape index (κ1) is 17.6. The van der Waals surface area contributed by atoms with Gasteiger partial charge in [0.25, 0.3) is 0 Å². The minimum absolute atomic E-state index is 0.0435. The van der Waals surface area contributed by atoms with E-state index < -0.39 is 0 Å². The molecule has 0 radical (unpaired) electrons. The van der Waals surface area contributed by atoms with Crippen LogP contribution in [0.1, 0.15) is 5.56 Å². The normalized spacial score (nSPS) is 14.9. The summed E-state index contributed by atoms with van der Waals surface area (Å²) in [5.74, 6) is 0. The third-order valence-electron chi connectivity index (χ3n) is 4.60. The fourth-order valence-corrected chi connectivity index (χ4v) is 3.77. The number of rotatable bonds is 4. The summed E-state index contributed by atoms with van der Waals surface area (Å²) in [5.41, 5.74) is 3.07. The number of nitrogens with zero attached hydrogens (tertiary/aromatic N) is 4. The van der Waals surface area contributed by atoms with Crippen molar-refractivity contribution in [2.75, 3.05) is 31.5 Å². The Balaban J connectivity index is 1.28. The quantitative estimate of drug-likeness (QED) is 0.753. The molecule has 1 aliphatic rings. The summed E-state index contributed by atoms with van der Waals surface area (Å²) in [6.45, 7) is 4.06. The van der Waals surface area contributed by atoms with Gasteiger partial charge in [-0.1, -0.05) is 6.07 Å². The van der Waals surface area contributed by atoms with Gasteiger partial charge in [-0.05, 0) is 35.9 Å². The van der Waals surface area contributed by atoms with Gasteiger partial charge in [0.05, 0.1) is 0 Å². The molecular formula is C20H21N5OS. The van der Waals surface area contributed by atoms with Crippen LogP contribution in [0.3, 0.4) is 0 Å². The van der Waals surface area contributed by atoms with Gasteiger partial charge in [0.1, 0.15) is 5.01 Å². The lowest BCUT2D eigenvalue weighted by atomic mass is 10.2. The van der Waals surface area contributed by atoms with E-state index in [2.05, 4.69) is 26.3 Å². The molecule has 0 bridgehead atoms. The maximum Gasteiger partial charge on any atom is 0.321 e. The molecule has 138 valence electrons. The highest BCUT2D eigenvalue weighted by Crippen LogP contribution is 2.23. The molecule has 1 saturated heterocycles. The number of hydrogen-bond acceptors (Lipinski definition) is 5. The molecule has 0 spiro atoms. The number of thiazole rings is 1. The van der Waals surface area contributed by atoms with Crippen LogP contribution in [0, 0.1) is 0 Å². The van der Waals surface area contributed by atoms with Crippen LogP contribution in [0.5, 0.6) is 0 Å². The van der Waals surface area contributed by atoms with Gasteiger partial charge in [0.2, 0.25) is 0 Å². The van der Waals surface area contributed by atoms with E-state index in [0.29, 0.717) is 0 Å². The summed E-state index contributed by atoms with van der Waals surface area (Å²) >= 11 is 1.60. The molecule has 7 heteroatoms. The van der Waals surface area contributed by atoms with Crippen molar-refractivity contribution in [2.45, 2.75) is 6.54 Å². The Morgan fingerprint density at radius 2 is 1.89 bits per heavy atom. The molecule has 0 unspecified atom stereocenters. The summed E-state index contributed by atoms with van der Waals surface area (Å²) < 4.78 is 0. The van der Waals surface area contributed by atoms with Gasteiger partial charge >= 0.3 is 6.03 Å². The molecule has 3 aromatic rings. The average molecular weight is 379 g/mol. The van der Waals surface area contributed by atoms with E-state index in [-0.39, 0.29) is 6.03 Å².